The molecule has 0 aromatic heterocycles. The van der Waals surface area contributed by atoms with Crippen LogP contribution in [0.1, 0.15) is 31.7 Å². The van der Waals surface area contributed by atoms with Gasteiger partial charge >= 0.3 is 0 Å². The highest BCUT2D eigenvalue weighted by molar-refractivity contribution is 7.89. The second kappa shape index (κ2) is 8.39. The Labute approximate surface area is 183 Å². The van der Waals surface area contributed by atoms with Crippen LogP contribution in [0.4, 0.5) is 5.69 Å². The molecular formula is C21H29N5O4S. The highest BCUT2D eigenvalue weighted by atomic mass is 32.2. The van der Waals surface area contributed by atoms with Crippen LogP contribution in [0.2, 0.25) is 0 Å². The molecule has 0 aliphatic carbocycles. The van der Waals surface area contributed by atoms with Crippen molar-refractivity contribution in [2.24, 2.45) is 5.41 Å². The Morgan fingerprint density at radius 1 is 1.32 bits per heavy atom. The van der Waals surface area contributed by atoms with E-state index < -0.39 is 15.4 Å². The van der Waals surface area contributed by atoms with Gasteiger partial charge in [-0.05, 0) is 44.4 Å². The quantitative estimate of drug-likeness (QED) is 0.561. The fourth-order valence-corrected chi connectivity index (χ4v) is 5.64. The second-order valence-electron chi connectivity index (χ2n) is 9.01. The minimum absolute atomic E-state index is 0.0309. The Kier molecular flexibility index (Phi) is 5.96. The molecule has 3 aliphatic rings. The Balaban J connectivity index is 1.45. The molecule has 0 saturated carbocycles. The van der Waals surface area contributed by atoms with Crippen LogP contribution in [0.25, 0.3) is 0 Å². The van der Waals surface area contributed by atoms with E-state index in [-0.39, 0.29) is 23.5 Å². The lowest BCUT2D eigenvalue weighted by atomic mass is 9.89. The number of nitrogens with zero attached hydrogens (tertiary/aromatic N) is 3. The number of nitrogens with one attached hydrogen (secondary N) is 2. The van der Waals surface area contributed by atoms with Crippen LogP contribution < -0.4 is 14.9 Å². The molecule has 1 aromatic carbocycles. The number of sulfonamides is 1. The van der Waals surface area contributed by atoms with Crippen molar-refractivity contribution in [3.63, 3.8) is 0 Å². The molecule has 4 rings (SSSR count). The fraction of sp³-hybridized carbons (Fsp3) is 0.619. The van der Waals surface area contributed by atoms with E-state index in [0.29, 0.717) is 30.3 Å². The van der Waals surface area contributed by atoms with Gasteiger partial charge in [0.05, 0.1) is 27.7 Å². The van der Waals surface area contributed by atoms with Gasteiger partial charge in [0.15, 0.2) is 0 Å². The number of rotatable bonds is 6. The third kappa shape index (κ3) is 4.41. The molecule has 3 saturated heterocycles. The fourth-order valence-electron chi connectivity index (χ4n) is 4.45. The predicted molar refractivity (Wildman–Crippen MR) is 115 cm³/mol. The van der Waals surface area contributed by atoms with E-state index >= 15 is 0 Å². The minimum atomic E-state index is -3.82. The van der Waals surface area contributed by atoms with Gasteiger partial charge in [-0.15, -0.1) is 0 Å². The van der Waals surface area contributed by atoms with E-state index in [9.17, 15) is 23.6 Å². The number of hydrogen-bond acceptors (Lipinski definition) is 7. The number of nitriles is 1. The molecule has 3 aliphatic heterocycles. The molecule has 1 unspecified atom stereocenters. The molecule has 168 valence electrons. The average molecular weight is 448 g/mol. The van der Waals surface area contributed by atoms with E-state index in [1.54, 1.807) is 19.1 Å². The number of piperidine rings is 1. The van der Waals surface area contributed by atoms with Crippen molar-refractivity contribution in [2.45, 2.75) is 43.2 Å². The Morgan fingerprint density at radius 3 is 2.65 bits per heavy atom. The third-order valence-corrected chi connectivity index (χ3v) is 8.18. The number of anilines is 1. The third-order valence-electron chi connectivity index (χ3n) is 6.78. The molecule has 1 atom stereocenters. The highest BCUT2D eigenvalue weighted by Crippen LogP contribution is 2.31. The van der Waals surface area contributed by atoms with Gasteiger partial charge in [-0.25, -0.2) is 13.1 Å². The molecule has 3 fully saturated rings. The summed E-state index contributed by atoms with van der Waals surface area (Å²) in [7, 11) is -3.82. The maximum atomic E-state index is 12.9. The van der Waals surface area contributed by atoms with Gasteiger partial charge < -0.3 is 15.3 Å². The molecule has 1 aromatic rings. The van der Waals surface area contributed by atoms with Crippen LogP contribution in [0.5, 0.6) is 0 Å². The van der Waals surface area contributed by atoms with Gasteiger partial charge in [-0.1, -0.05) is 0 Å². The van der Waals surface area contributed by atoms with Crippen molar-refractivity contribution in [1.82, 2.24) is 14.9 Å². The number of aliphatic hydroxyl groups excluding tert-OH is 1. The van der Waals surface area contributed by atoms with Gasteiger partial charge in [0.2, 0.25) is 15.9 Å². The highest BCUT2D eigenvalue weighted by Gasteiger charge is 2.39. The molecular weight excluding hydrogens is 418 g/mol. The predicted octanol–water partition coefficient (Wildman–Crippen LogP) is 0.00808. The van der Waals surface area contributed by atoms with Crippen LogP contribution >= 0.6 is 0 Å². The summed E-state index contributed by atoms with van der Waals surface area (Å²) in [6.45, 7) is 5.49. The van der Waals surface area contributed by atoms with Crippen molar-refractivity contribution < 1.29 is 18.3 Å². The molecule has 0 bridgehead atoms. The van der Waals surface area contributed by atoms with Crippen LogP contribution in [-0.2, 0) is 14.8 Å². The number of benzene rings is 1. The van der Waals surface area contributed by atoms with Gasteiger partial charge in [-0.2, -0.15) is 5.26 Å². The first-order chi connectivity index (χ1) is 14.7. The van der Waals surface area contributed by atoms with Crippen LogP contribution in [0.15, 0.2) is 23.1 Å². The maximum absolute atomic E-state index is 12.9. The van der Waals surface area contributed by atoms with E-state index in [1.807, 2.05) is 4.90 Å². The van der Waals surface area contributed by atoms with E-state index in [2.05, 4.69) is 21.0 Å². The first-order valence-electron chi connectivity index (χ1n) is 10.7. The number of aliphatic hydroxyl groups is 1. The standard InChI is InChI=1S/C21H29N5O4S/c1-21(6-7-23-20(21)28)14-24-31(29,30)18-3-2-15(11-22)19(10-18)26-12-16(13-26)25-8-4-17(27)5-9-25/h2-3,10,16-17,24,27H,4-9,12-14H2,1H3,(H,23,28). The molecule has 0 radical (unpaired) electrons. The summed E-state index contributed by atoms with van der Waals surface area (Å²) in [4.78, 5) is 16.5. The van der Waals surface area contributed by atoms with Gasteiger partial charge in [-0.3, -0.25) is 9.69 Å². The zero-order valence-electron chi connectivity index (χ0n) is 17.7. The SMILES string of the molecule is CC1(CNS(=O)(=O)c2ccc(C#N)c(N3CC(N4CCC(O)CC4)C3)c2)CCNC1=O. The van der Waals surface area contributed by atoms with Gasteiger partial charge in [0, 0.05) is 45.3 Å². The monoisotopic (exact) mass is 447 g/mol. The molecule has 3 heterocycles. The summed E-state index contributed by atoms with van der Waals surface area (Å²) < 4.78 is 28.3. The zero-order valence-corrected chi connectivity index (χ0v) is 18.5. The molecule has 10 heteroatoms. The van der Waals surface area contributed by atoms with E-state index in [1.165, 1.54) is 6.07 Å². The largest absolute Gasteiger partial charge is 0.393 e. The summed E-state index contributed by atoms with van der Waals surface area (Å²) in [6, 6.07) is 7.03. The summed E-state index contributed by atoms with van der Waals surface area (Å²) in [5.41, 5.74) is 0.298. The van der Waals surface area contributed by atoms with Gasteiger partial charge in [0.25, 0.3) is 0 Å². The van der Waals surface area contributed by atoms with Crippen LogP contribution in [0.3, 0.4) is 0 Å². The molecule has 1 amide bonds. The van der Waals surface area contributed by atoms with Crippen molar-refractivity contribution in [2.75, 3.05) is 44.2 Å². The van der Waals surface area contributed by atoms with E-state index in [4.69, 9.17) is 0 Å². The summed E-state index contributed by atoms with van der Waals surface area (Å²) in [5.74, 6) is -0.146. The molecule has 0 spiro atoms. The Morgan fingerprint density at radius 2 is 2.03 bits per heavy atom. The van der Waals surface area contributed by atoms with Crippen LogP contribution in [-0.4, -0.2) is 75.7 Å². The Bertz CT molecular complexity index is 994. The Hall–Kier alpha value is -2.19. The molecule has 3 N–H and O–H groups in total. The lowest BCUT2D eigenvalue weighted by molar-refractivity contribution is -0.126. The maximum Gasteiger partial charge on any atom is 0.240 e. The van der Waals surface area contributed by atoms with Crippen molar-refractivity contribution in [3.8, 4) is 6.07 Å². The summed E-state index contributed by atoms with van der Waals surface area (Å²) >= 11 is 0. The number of carbonyl (C=O) groups excluding carboxylic acids is 1. The number of hydrogen-bond donors (Lipinski definition) is 3. The smallest absolute Gasteiger partial charge is 0.240 e. The zero-order chi connectivity index (χ0) is 22.2. The molecule has 9 nitrogen and oxygen atoms in total. The van der Waals surface area contributed by atoms with Crippen molar-refractivity contribution in [1.29, 1.82) is 5.26 Å². The first-order valence-corrected chi connectivity index (χ1v) is 12.2. The van der Waals surface area contributed by atoms with Crippen molar-refractivity contribution >= 4 is 21.6 Å². The second-order valence-corrected chi connectivity index (χ2v) is 10.8. The number of carbonyl (C=O) groups is 1. The van der Waals surface area contributed by atoms with Crippen LogP contribution in [0, 0.1) is 16.7 Å². The summed E-state index contributed by atoms with van der Waals surface area (Å²) in [6.07, 6.45) is 1.91. The van der Waals surface area contributed by atoms with Gasteiger partial charge in [0.1, 0.15) is 6.07 Å². The average Bonchev–Trinajstić information content (AvgIpc) is 3.05. The first kappa shape index (κ1) is 22.0. The lowest BCUT2D eigenvalue weighted by Crippen LogP contribution is -2.61. The number of likely N-dealkylation sites (tertiary alicyclic amines) is 1. The topological polar surface area (TPSA) is 126 Å². The summed E-state index contributed by atoms with van der Waals surface area (Å²) in [5, 5.41) is 21.9. The van der Waals surface area contributed by atoms with E-state index in [0.717, 1.165) is 39.0 Å². The normalized spacial score (nSPS) is 25.8. The number of amides is 1. The lowest BCUT2D eigenvalue weighted by Gasteiger charge is -2.48. The minimum Gasteiger partial charge on any atom is -0.393 e. The molecule has 31 heavy (non-hydrogen) atoms. The van der Waals surface area contributed by atoms with Crippen molar-refractivity contribution in [3.05, 3.63) is 23.8 Å².